The van der Waals surface area contributed by atoms with Crippen LogP contribution in [0.2, 0.25) is 5.02 Å². The van der Waals surface area contributed by atoms with Crippen molar-refractivity contribution in [3.05, 3.63) is 70.2 Å². The van der Waals surface area contributed by atoms with Crippen LogP contribution >= 0.6 is 11.6 Å². The molecule has 0 aliphatic heterocycles. The first kappa shape index (κ1) is 14.2. The highest BCUT2D eigenvalue weighted by Gasteiger charge is 2.22. The maximum Gasteiger partial charge on any atom is 0.184 e. The zero-order valence-corrected chi connectivity index (χ0v) is 10.9. The van der Waals surface area contributed by atoms with Gasteiger partial charge in [0.05, 0.1) is 6.07 Å². The van der Waals surface area contributed by atoms with Gasteiger partial charge in [-0.1, -0.05) is 23.7 Å². The van der Waals surface area contributed by atoms with Gasteiger partial charge in [-0.2, -0.15) is 5.26 Å². The molecule has 0 saturated carbocycles. The molecule has 5 heteroatoms. The van der Waals surface area contributed by atoms with E-state index in [1.165, 1.54) is 0 Å². The first-order chi connectivity index (χ1) is 9.52. The second-order valence-corrected chi connectivity index (χ2v) is 4.54. The lowest BCUT2D eigenvalue weighted by atomic mass is 9.92. The van der Waals surface area contributed by atoms with Crippen molar-refractivity contribution in [2.45, 2.75) is 5.92 Å². The summed E-state index contributed by atoms with van der Waals surface area (Å²) >= 11 is 5.74. The maximum atomic E-state index is 13.1. The Balaban J connectivity index is 2.36. The molecule has 0 amide bonds. The van der Waals surface area contributed by atoms with Crippen LogP contribution in [0.15, 0.2) is 42.5 Å². The Morgan fingerprint density at radius 1 is 1.10 bits per heavy atom. The molecule has 0 radical (unpaired) electrons. The zero-order valence-electron chi connectivity index (χ0n) is 10.1. The number of ketones is 1. The third kappa shape index (κ3) is 2.84. The Hall–Kier alpha value is -2.25. The molecular weight excluding hydrogens is 284 g/mol. The smallest absolute Gasteiger partial charge is 0.184 e. The fourth-order valence-electron chi connectivity index (χ4n) is 1.76. The van der Waals surface area contributed by atoms with Gasteiger partial charge in [0.2, 0.25) is 0 Å². The highest BCUT2D eigenvalue weighted by Crippen LogP contribution is 2.23. The lowest BCUT2D eigenvalue weighted by Crippen LogP contribution is -2.11. The van der Waals surface area contributed by atoms with E-state index in [4.69, 9.17) is 16.9 Å². The number of hydrogen-bond acceptors (Lipinski definition) is 2. The molecule has 0 bridgehead atoms. The molecular formula is C15H8ClF2NO. The molecule has 2 nitrogen and oxygen atoms in total. The van der Waals surface area contributed by atoms with Crippen molar-refractivity contribution in [2.24, 2.45) is 0 Å². The van der Waals surface area contributed by atoms with Crippen molar-refractivity contribution in [1.82, 2.24) is 0 Å². The molecule has 2 aromatic carbocycles. The Morgan fingerprint density at radius 2 is 1.75 bits per heavy atom. The molecule has 0 N–H and O–H groups in total. The van der Waals surface area contributed by atoms with Gasteiger partial charge in [0.1, 0.15) is 5.92 Å². The number of hydrogen-bond donors (Lipinski definition) is 0. The predicted molar refractivity (Wildman–Crippen MR) is 70.5 cm³/mol. The van der Waals surface area contributed by atoms with Gasteiger partial charge in [0.25, 0.3) is 0 Å². The summed E-state index contributed by atoms with van der Waals surface area (Å²) in [5.74, 6) is -3.84. The Kier molecular flexibility index (Phi) is 4.11. The van der Waals surface area contributed by atoms with Gasteiger partial charge >= 0.3 is 0 Å². The van der Waals surface area contributed by atoms with Crippen LogP contribution in [0.5, 0.6) is 0 Å². The first-order valence-electron chi connectivity index (χ1n) is 5.67. The Labute approximate surface area is 119 Å². The highest BCUT2D eigenvalue weighted by molar-refractivity contribution is 6.30. The number of nitriles is 1. The Morgan fingerprint density at radius 3 is 2.30 bits per heavy atom. The summed E-state index contributed by atoms with van der Waals surface area (Å²) in [6.45, 7) is 0. The van der Waals surface area contributed by atoms with Gasteiger partial charge in [-0.05, 0) is 35.9 Å². The van der Waals surface area contributed by atoms with E-state index in [0.29, 0.717) is 10.6 Å². The molecule has 20 heavy (non-hydrogen) atoms. The number of nitrogens with zero attached hydrogens (tertiary/aromatic N) is 1. The van der Waals surface area contributed by atoms with E-state index in [-0.39, 0.29) is 5.56 Å². The Bertz CT molecular complexity index is 692. The van der Waals surface area contributed by atoms with Crippen LogP contribution in [0.25, 0.3) is 0 Å². The van der Waals surface area contributed by atoms with E-state index >= 15 is 0 Å². The maximum absolute atomic E-state index is 13.1. The van der Waals surface area contributed by atoms with Crippen LogP contribution < -0.4 is 0 Å². The number of halogens is 3. The highest BCUT2D eigenvalue weighted by atomic mass is 35.5. The van der Waals surface area contributed by atoms with E-state index in [1.54, 1.807) is 24.3 Å². The van der Waals surface area contributed by atoms with Gasteiger partial charge < -0.3 is 0 Å². The average Bonchev–Trinajstić information content (AvgIpc) is 2.44. The summed E-state index contributed by atoms with van der Waals surface area (Å²) in [7, 11) is 0. The van der Waals surface area contributed by atoms with Crippen LogP contribution in [0.4, 0.5) is 8.78 Å². The van der Waals surface area contributed by atoms with Crippen molar-refractivity contribution in [1.29, 1.82) is 5.26 Å². The molecule has 2 aromatic rings. The standard InChI is InChI=1S/C15H8ClF2NO/c16-11-4-1-9(2-5-11)12(8-19)15(20)10-3-6-13(17)14(18)7-10/h1-7,12H. The number of rotatable bonds is 3. The minimum Gasteiger partial charge on any atom is -0.292 e. The monoisotopic (exact) mass is 291 g/mol. The summed E-state index contributed by atoms with van der Waals surface area (Å²) in [6, 6.07) is 10.9. The minimum atomic E-state index is -1.12. The van der Waals surface area contributed by atoms with Crippen molar-refractivity contribution >= 4 is 17.4 Å². The number of Topliss-reactive ketones (excluding diaryl/α,β-unsaturated/α-hetero) is 1. The van der Waals surface area contributed by atoms with Gasteiger partial charge in [-0.3, -0.25) is 4.79 Å². The van der Waals surface area contributed by atoms with Gasteiger partial charge in [-0.15, -0.1) is 0 Å². The normalized spacial score (nSPS) is 11.7. The zero-order chi connectivity index (χ0) is 14.7. The fourth-order valence-corrected chi connectivity index (χ4v) is 1.88. The van der Waals surface area contributed by atoms with Gasteiger partial charge in [0, 0.05) is 10.6 Å². The molecule has 0 saturated heterocycles. The summed E-state index contributed by atoms with van der Waals surface area (Å²) in [4.78, 5) is 12.2. The van der Waals surface area contributed by atoms with Gasteiger partial charge in [0.15, 0.2) is 17.4 Å². The number of carbonyl (C=O) groups is 1. The van der Waals surface area contributed by atoms with Crippen molar-refractivity contribution < 1.29 is 13.6 Å². The minimum absolute atomic E-state index is 0.0506. The average molecular weight is 292 g/mol. The third-order valence-electron chi connectivity index (χ3n) is 2.80. The van der Waals surface area contributed by atoms with E-state index in [1.807, 2.05) is 6.07 Å². The van der Waals surface area contributed by atoms with E-state index < -0.39 is 23.3 Å². The molecule has 0 fully saturated rings. The molecule has 0 aromatic heterocycles. The summed E-state index contributed by atoms with van der Waals surface area (Å²) in [6.07, 6.45) is 0. The SMILES string of the molecule is N#CC(C(=O)c1ccc(F)c(F)c1)c1ccc(Cl)cc1. The molecule has 2 rings (SSSR count). The molecule has 0 spiro atoms. The quantitative estimate of drug-likeness (QED) is 0.799. The summed E-state index contributed by atoms with van der Waals surface area (Å²) in [5.41, 5.74) is 0.400. The fraction of sp³-hybridized carbons (Fsp3) is 0.0667. The second-order valence-electron chi connectivity index (χ2n) is 4.11. The lowest BCUT2D eigenvalue weighted by Gasteiger charge is -2.09. The van der Waals surface area contributed by atoms with Crippen molar-refractivity contribution in [3.63, 3.8) is 0 Å². The largest absolute Gasteiger partial charge is 0.292 e. The van der Waals surface area contributed by atoms with Crippen molar-refractivity contribution in [2.75, 3.05) is 0 Å². The van der Waals surface area contributed by atoms with E-state index in [2.05, 4.69) is 0 Å². The van der Waals surface area contributed by atoms with Gasteiger partial charge in [-0.25, -0.2) is 8.78 Å². The van der Waals surface area contributed by atoms with Crippen LogP contribution in [0.3, 0.4) is 0 Å². The lowest BCUT2D eigenvalue weighted by molar-refractivity contribution is 0.0978. The molecule has 100 valence electrons. The van der Waals surface area contributed by atoms with Crippen LogP contribution in [0.1, 0.15) is 21.8 Å². The first-order valence-corrected chi connectivity index (χ1v) is 6.05. The second kappa shape index (κ2) is 5.81. The van der Waals surface area contributed by atoms with Crippen molar-refractivity contribution in [3.8, 4) is 6.07 Å². The topological polar surface area (TPSA) is 40.9 Å². The summed E-state index contributed by atoms with van der Waals surface area (Å²) < 4.78 is 26.0. The third-order valence-corrected chi connectivity index (χ3v) is 3.05. The molecule has 1 unspecified atom stereocenters. The number of benzene rings is 2. The van der Waals surface area contributed by atoms with E-state index in [9.17, 15) is 13.6 Å². The van der Waals surface area contributed by atoms with Crippen LogP contribution in [-0.2, 0) is 0 Å². The number of carbonyl (C=O) groups excluding carboxylic acids is 1. The van der Waals surface area contributed by atoms with Crippen LogP contribution in [-0.4, -0.2) is 5.78 Å². The molecule has 0 heterocycles. The molecule has 1 atom stereocenters. The summed E-state index contributed by atoms with van der Waals surface area (Å²) in [5, 5.41) is 9.61. The van der Waals surface area contributed by atoms with Crippen LogP contribution in [0, 0.1) is 23.0 Å². The predicted octanol–water partition coefficient (Wildman–Crippen LogP) is 4.11. The van der Waals surface area contributed by atoms with E-state index in [0.717, 1.165) is 18.2 Å². The molecule has 0 aliphatic rings. The molecule has 0 aliphatic carbocycles.